The molecule has 0 N–H and O–H groups in total. The Kier molecular flexibility index (Phi) is 12.5. The molecule has 1 heterocycles. The van der Waals surface area contributed by atoms with E-state index < -0.39 is 5.60 Å². The van der Waals surface area contributed by atoms with Gasteiger partial charge in [0.25, 0.3) is 5.91 Å². The second kappa shape index (κ2) is 15.8. The van der Waals surface area contributed by atoms with Crippen molar-refractivity contribution in [2.24, 2.45) is 5.92 Å². The first-order valence-electron chi connectivity index (χ1n) is 14.7. The number of hydrogen-bond acceptors (Lipinski definition) is 7. The number of hydrogen-bond donors (Lipinski definition) is 0. The number of methoxy groups -OCH3 is 2. The first-order valence-corrected chi connectivity index (χ1v) is 14.7. The van der Waals surface area contributed by atoms with Crippen LogP contribution < -0.4 is 9.47 Å². The molecule has 2 amide bonds. The lowest BCUT2D eigenvalue weighted by Crippen LogP contribution is -2.57. The average molecular weight is 585 g/mol. The van der Waals surface area contributed by atoms with Crippen LogP contribution in [0.4, 0.5) is 4.79 Å². The van der Waals surface area contributed by atoms with E-state index in [0.29, 0.717) is 69.4 Å². The summed E-state index contributed by atoms with van der Waals surface area (Å²) in [6, 6.07) is 14.9. The van der Waals surface area contributed by atoms with Gasteiger partial charge >= 0.3 is 6.09 Å². The summed E-state index contributed by atoms with van der Waals surface area (Å²) in [5.74, 6) is 0.970. The zero-order valence-electron chi connectivity index (χ0n) is 26.3. The van der Waals surface area contributed by atoms with E-state index in [9.17, 15) is 9.59 Å². The molecule has 2 atom stereocenters. The molecule has 0 aliphatic carbocycles. The monoisotopic (exact) mass is 584 g/mol. The fraction of sp³-hybridized carbons (Fsp3) is 0.576. The Morgan fingerprint density at radius 2 is 1.74 bits per heavy atom. The summed E-state index contributed by atoms with van der Waals surface area (Å²) in [4.78, 5) is 30.9. The van der Waals surface area contributed by atoms with Crippen LogP contribution in [0, 0.1) is 5.92 Å². The van der Waals surface area contributed by atoms with E-state index in [1.165, 1.54) is 0 Å². The number of amides is 2. The highest BCUT2D eigenvalue weighted by Gasteiger charge is 2.38. The zero-order valence-corrected chi connectivity index (χ0v) is 26.3. The second-order valence-corrected chi connectivity index (χ2v) is 12.0. The molecule has 1 aliphatic rings. The van der Waals surface area contributed by atoms with Gasteiger partial charge in [-0.1, -0.05) is 30.3 Å². The first kappa shape index (κ1) is 33.2. The number of benzene rings is 2. The van der Waals surface area contributed by atoms with Crippen LogP contribution >= 0.6 is 0 Å². The van der Waals surface area contributed by atoms with Crippen molar-refractivity contribution in [2.45, 2.75) is 71.8 Å². The lowest BCUT2D eigenvalue weighted by atomic mass is 9.92. The van der Waals surface area contributed by atoms with Gasteiger partial charge in [-0.2, -0.15) is 0 Å². The van der Waals surface area contributed by atoms with Gasteiger partial charge in [-0.25, -0.2) is 4.79 Å². The fourth-order valence-corrected chi connectivity index (χ4v) is 5.17. The van der Waals surface area contributed by atoms with Crippen LogP contribution in [0.1, 0.15) is 63.4 Å². The average Bonchev–Trinajstić information content (AvgIpc) is 2.94. The maximum Gasteiger partial charge on any atom is 0.410 e. The SMILES string of the molecule is COCCCOc1cc(C(=O)N(C(C)C)C2CC(COCc3ccccc3)CN(C(=O)OC(C)(C)C)C2)ccc1OC. The van der Waals surface area contributed by atoms with Gasteiger partial charge in [0.15, 0.2) is 11.5 Å². The summed E-state index contributed by atoms with van der Waals surface area (Å²) in [6.07, 6.45) is 1.04. The third kappa shape index (κ3) is 9.91. The topological polar surface area (TPSA) is 86.8 Å². The maximum atomic E-state index is 14.1. The van der Waals surface area contributed by atoms with Crippen LogP contribution in [-0.2, 0) is 20.8 Å². The van der Waals surface area contributed by atoms with Gasteiger partial charge in [0, 0.05) is 50.8 Å². The lowest BCUT2D eigenvalue weighted by molar-refractivity contribution is -0.0153. The predicted octanol–water partition coefficient (Wildman–Crippen LogP) is 5.80. The predicted molar refractivity (Wildman–Crippen MR) is 162 cm³/mol. The molecule has 2 aromatic carbocycles. The van der Waals surface area contributed by atoms with E-state index in [1.807, 2.05) is 69.9 Å². The fourth-order valence-electron chi connectivity index (χ4n) is 5.17. The van der Waals surface area contributed by atoms with Gasteiger partial charge in [-0.05, 0) is 64.8 Å². The molecule has 0 aromatic heterocycles. The normalized spacial score (nSPS) is 17.2. The van der Waals surface area contributed by atoms with E-state index in [-0.39, 0.29) is 30.0 Å². The minimum atomic E-state index is -0.625. The van der Waals surface area contributed by atoms with Crippen LogP contribution in [0.3, 0.4) is 0 Å². The van der Waals surface area contributed by atoms with E-state index in [2.05, 4.69) is 0 Å². The maximum absolute atomic E-state index is 14.1. The number of carbonyl (C=O) groups is 2. The number of piperidine rings is 1. The molecule has 9 heteroatoms. The van der Waals surface area contributed by atoms with Crippen molar-refractivity contribution >= 4 is 12.0 Å². The van der Waals surface area contributed by atoms with Crippen molar-refractivity contribution in [1.82, 2.24) is 9.80 Å². The molecule has 0 radical (unpaired) electrons. The molecule has 0 saturated carbocycles. The van der Waals surface area contributed by atoms with Crippen molar-refractivity contribution in [3.05, 3.63) is 59.7 Å². The van der Waals surface area contributed by atoms with Gasteiger partial charge in [0.1, 0.15) is 5.60 Å². The van der Waals surface area contributed by atoms with Crippen LogP contribution in [0.25, 0.3) is 0 Å². The number of nitrogens with zero attached hydrogens (tertiary/aromatic N) is 2. The number of rotatable bonds is 13. The first-order chi connectivity index (χ1) is 20.0. The summed E-state index contributed by atoms with van der Waals surface area (Å²) in [5, 5.41) is 0. The summed E-state index contributed by atoms with van der Waals surface area (Å²) >= 11 is 0. The number of likely N-dealkylation sites (tertiary alicyclic amines) is 1. The van der Waals surface area contributed by atoms with E-state index >= 15 is 0 Å². The standard InChI is InChI=1S/C33H48N2O7/c1-24(2)35(31(36)27-14-15-29(39-7)30(19-27)41-17-11-16-38-6)28-18-26(23-40-22-25-12-9-8-10-13-25)20-34(21-28)32(37)42-33(3,4)5/h8-10,12-15,19,24,26,28H,11,16-18,20-23H2,1-7H3. The molecule has 0 bridgehead atoms. The Balaban J connectivity index is 1.82. The van der Waals surface area contributed by atoms with Gasteiger partial charge < -0.3 is 33.5 Å². The van der Waals surface area contributed by atoms with Crippen molar-refractivity contribution in [3.63, 3.8) is 0 Å². The van der Waals surface area contributed by atoms with Gasteiger partial charge in [0.05, 0.1) is 33.0 Å². The van der Waals surface area contributed by atoms with Crippen molar-refractivity contribution in [3.8, 4) is 11.5 Å². The van der Waals surface area contributed by atoms with Gasteiger partial charge in [-0.15, -0.1) is 0 Å². The Bertz CT molecular complexity index is 1130. The summed E-state index contributed by atoms with van der Waals surface area (Å²) in [7, 11) is 3.22. The number of ether oxygens (including phenoxy) is 5. The Labute approximate surface area is 251 Å². The van der Waals surface area contributed by atoms with Crippen molar-refractivity contribution in [1.29, 1.82) is 0 Å². The molecular weight excluding hydrogens is 536 g/mol. The molecule has 232 valence electrons. The number of carbonyl (C=O) groups excluding carboxylic acids is 2. The largest absolute Gasteiger partial charge is 0.493 e. The Morgan fingerprint density at radius 3 is 2.38 bits per heavy atom. The van der Waals surface area contributed by atoms with Crippen molar-refractivity contribution < 1.29 is 33.3 Å². The van der Waals surface area contributed by atoms with Crippen LogP contribution in [-0.4, -0.2) is 86.6 Å². The summed E-state index contributed by atoms with van der Waals surface area (Å²) in [6.45, 7) is 12.4. The molecule has 1 saturated heterocycles. The van der Waals surface area contributed by atoms with Gasteiger partial charge in [-0.3, -0.25) is 4.79 Å². The van der Waals surface area contributed by atoms with Crippen LogP contribution in [0.15, 0.2) is 48.5 Å². The lowest BCUT2D eigenvalue weighted by Gasteiger charge is -2.44. The third-order valence-electron chi connectivity index (χ3n) is 6.98. The Morgan fingerprint density at radius 1 is 1.00 bits per heavy atom. The van der Waals surface area contributed by atoms with Gasteiger partial charge in [0.2, 0.25) is 0 Å². The molecule has 9 nitrogen and oxygen atoms in total. The quantitative estimate of drug-likeness (QED) is 0.275. The van der Waals surface area contributed by atoms with E-state index in [1.54, 1.807) is 37.3 Å². The highest BCUT2D eigenvalue weighted by Crippen LogP contribution is 2.31. The molecule has 2 aromatic rings. The van der Waals surface area contributed by atoms with Crippen molar-refractivity contribution in [2.75, 3.05) is 47.1 Å². The summed E-state index contributed by atoms with van der Waals surface area (Å²) in [5.41, 5.74) is 0.963. The Hall–Kier alpha value is -3.30. The third-order valence-corrected chi connectivity index (χ3v) is 6.98. The van der Waals surface area contributed by atoms with E-state index in [0.717, 1.165) is 5.56 Å². The molecule has 0 spiro atoms. The van der Waals surface area contributed by atoms with Crippen LogP contribution in [0.5, 0.6) is 11.5 Å². The molecule has 2 unspecified atom stereocenters. The molecule has 42 heavy (non-hydrogen) atoms. The zero-order chi connectivity index (χ0) is 30.7. The smallest absolute Gasteiger partial charge is 0.410 e. The second-order valence-electron chi connectivity index (χ2n) is 12.0. The molecule has 1 fully saturated rings. The molecule has 1 aliphatic heterocycles. The summed E-state index contributed by atoms with van der Waals surface area (Å²) < 4.78 is 28.4. The van der Waals surface area contributed by atoms with Crippen LogP contribution in [0.2, 0.25) is 0 Å². The molecular formula is C33H48N2O7. The highest BCUT2D eigenvalue weighted by atomic mass is 16.6. The minimum absolute atomic E-state index is 0.0320. The minimum Gasteiger partial charge on any atom is -0.493 e. The molecule has 3 rings (SSSR count). The highest BCUT2D eigenvalue weighted by molar-refractivity contribution is 5.95. The van der Waals surface area contributed by atoms with E-state index in [4.69, 9.17) is 23.7 Å².